The van der Waals surface area contributed by atoms with Crippen LogP contribution in [0.2, 0.25) is 0 Å². The first-order valence-electron chi connectivity index (χ1n) is 7.42. The van der Waals surface area contributed by atoms with Gasteiger partial charge in [-0.2, -0.15) is 0 Å². The van der Waals surface area contributed by atoms with Crippen molar-refractivity contribution in [3.05, 3.63) is 29.3 Å². The van der Waals surface area contributed by atoms with E-state index in [4.69, 9.17) is 5.11 Å². The lowest BCUT2D eigenvalue weighted by Crippen LogP contribution is -2.42. The van der Waals surface area contributed by atoms with Gasteiger partial charge in [-0.3, -0.25) is 4.79 Å². The van der Waals surface area contributed by atoms with Crippen molar-refractivity contribution in [1.29, 1.82) is 0 Å². The monoisotopic (exact) mass is 290 g/mol. The number of nitrogens with zero attached hydrogens (tertiary/aromatic N) is 1. The van der Waals surface area contributed by atoms with Crippen molar-refractivity contribution in [2.45, 2.75) is 45.6 Å². The van der Waals surface area contributed by atoms with E-state index in [9.17, 15) is 9.59 Å². The van der Waals surface area contributed by atoms with Crippen molar-refractivity contribution in [2.75, 3.05) is 11.9 Å². The number of aryl methyl sites for hydroxylation is 2. The highest BCUT2D eigenvalue weighted by molar-refractivity contribution is 5.90. The second-order valence-corrected chi connectivity index (χ2v) is 5.50. The van der Waals surface area contributed by atoms with Crippen LogP contribution in [-0.4, -0.2) is 34.6 Å². The molecule has 0 fully saturated rings. The number of benzene rings is 1. The molecule has 21 heavy (non-hydrogen) atoms. The number of carboxylic acids is 1. The average molecular weight is 290 g/mol. The molecule has 5 nitrogen and oxygen atoms in total. The number of hydrogen-bond donors (Lipinski definition) is 2. The topological polar surface area (TPSA) is 69.6 Å². The van der Waals surface area contributed by atoms with E-state index in [1.54, 1.807) is 11.8 Å². The Hall–Kier alpha value is -2.04. The van der Waals surface area contributed by atoms with Gasteiger partial charge in [0, 0.05) is 18.3 Å². The Balaban J connectivity index is 2.03. The summed E-state index contributed by atoms with van der Waals surface area (Å²) in [7, 11) is 0. The van der Waals surface area contributed by atoms with E-state index >= 15 is 0 Å². The Morgan fingerprint density at radius 3 is 2.71 bits per heavy atom. The van der Waals surface area contributed by atoms with Crippen LogP contribution in [0.3, 0.4) is 0 Å². The Morgan fingerprint density at radius 2 is 2.05 bits per heavy atom. The Bertz CT molecular complexity index is 542. The summed E-state index contributed by atoms with van der Waals surface area (Å²) in [4.78, 5) is 24.6. The number of amides is 2. The Morgan fingerprint density at radius 1 is 1.33 bits per heavy atom. The summed E-state index contributed by atoms with van der Waals surface area (Å²) in [6.45, 7) is 4.08. The summed E-state index contributed by atoms with van der Waals surface area (Å²) in [6.07, 6.45) is 3.29. The smallest absolute Gasteiger partial charge is 0.322 e. The third kappa shape index (κ3) is 3.74. The van der Waals surface area contributed by atoms with Crippen LogP contribution in [0.1, 0.15) is 37.8 Å². The van der Waals surface area contributed by atoms with E-state index in [2.05, 4.69) is 11.4 Å². The van der Waals surface area contributed by atoms with Crippen LogP contribution >= 0.6 is 0 Å². The highest BCUT2D eigenvalue weighted by atomic mass is 16.4. The van der Waals surface area contributed by atoms with Gasteiger partial charge in [-0.25, -0.2) is 4.79 Å². The molecule has 0 radical (unpaired) electrons. The average Bonchev–Trinajstić information content (AvgIpc) is 2.85. The summed E-state index contributed by atoms with van der Waals surface area (Å²) in [6, 6.07) is 5.42. The van der Waals surface area contributed by atoms with Crippen molar-refractivity contribution in [3.63, 3.8) is 0 Å². The molecule has 2 rings (SSSR count). The molecule has 0 spiro atoms. The number of fused-ring (bicyclic) bond motifs is 1. The van der Waals surface area contributed by atoms with E-state index in [1.165, 1.54) is 17.5 Å². The lowest BCUT2D eigenvalue weighted by atomic mass is 10.1. The minimum absolute atomic E-state index is 0.0502. The molecule has 114 valence electrons. The van der Waals surface area contributed by atoms with Crippen molar-refractivity contribution >= 4 is 17.7 Å². The minimum atomic E-state index is -0.897. The van der Waals surface area contributed by atoms with Crippen LogP contribution in [0, 0.1) is 0 Å². The van der Waals surface area contributed by atoms with Gasteiger partial charge >= 0.3 is 12.0 Å². The maximum Gasteiger partial charge on any atom is 0.322 e. The third-order valence-corrected chi connectivity index (χ3v) is 3.95. The molecule has 0 bridgehead atoms. The van der Waals surface area contributed by atoms with Crippen molar-refractivity contribution in [1.82, 2.24) is 4.90 Å². The van der Waals surface area contributed by atoms with Crippen LogP contribution in [0.25, 0.3) is 0 Å². The molecule has 2 N–H and O–H groups in total. The predicted molar refractivity (Wildman–Crippen MR) is 81.6 cm³/mol. The summed E-state index contributed by atoms with van der Waals surface area (Å²) < 4.78 is 0. The molecular formula is C16H22N2O3. The summed E-state index contributed by atoms with van der Waals surface area (Å²) in [5.74, 6) is -0.897. The quantitative estimate of drug-likeness (QED) is 0.876. The molecule has 1 aromatic rings. The Labute approximate surface area is 125 Å². The van der Waals surface area contributed by atoms with Gasteiger partial charge in [0.25, 0.3) is 0 Å². The predicted octanol–water partition coefficient (Wildman–Crippen LogP) is 2.89. The molecule has 1 aliphatic carbocycles. The fraction of sp³-hybridized carbons (Fsp3) is 0.500. The van der Waals surface area contributed by atoms with Gasteiger partial charge in [-0.05, 0) is 56.4 Å². The zero-order chi connectivity index (χ0) is 15.4. The number of hydrogen-bond acceptors (Lipinski definition) is 2. The summed E-state index contributed by atoms with van der Waals surface area (Å²) in [5.41, 5.74) is 3.44. The van der Waals surface area contributed by atoms with Gasteiger partial charge in [0.2, 0.25) is 0 Å². The molecule has 0 saturated heterocycles. The first-order valence-corrected chi connectivity index (χ1v) is 7.42. The standard InChI is InChI=1S/C16H22N2O3/c1-3-18(11(2)9-15(19)20)16(21)17-14-8-7-12-5-4-6-13(12)10-14/h7-8,10-11H,3-6,9H2,1-2H3,(H,17,21)(H,19,20). The molecular weight excluding hydrogens is 268 g/mol. The SMILES string of the molecule is CCN(C(=O)Nc1ccc2c(c1)CCC2)C(C)CC(=O)O. The summed E-state index contributed by atoms with van der Waals surface area (Å²) >= 11 is 0. The zero-order valence-electron chi connectivity index (χ0n) is 12.6. The number of nitrogens with one attached hydrogen (secondary N) is 1. The van der Waals surface area contributed by atoms with E-state index in [1.807, 2.05) is 19.1 Å². The van der Waals surface area contributed by atoms with E-state index in [-0.39, 0.29) is 18.5 Å². The Kier molecular flexibility index (Phi) is 4.83. The van der Waals surface area contributed by atoms with Crippen molar-refractivity contribution in [3.8, 4) is 0 Å². The molecule has 1 unspecified atom stereocenters. The molecule has 1 aliphatic rings. The number of carbonyl (C=O) groups excluding carboxylic acids is 1. The normalized spacial score (nSPS) is 14.4. The first-order chi connectivity index (χ1) is 10.0. The number of urea groups is 1. The second kappa shape index (κ2) is 6.61. The molecule has 1 atom stereocenters. The summed E-state index contributed by atoms with van der Waals surface area (Å²) in [5, 5.41) is 11.7. The van der Waals surface area contributed by atoms with Crippen LogP contribution in [0.4, 0.5) is 10.5 Å². The lowest BCUT2D eigenvalue weighted by Gasteiger charge is -2.27. The molecule has 5 heteroatoms. The van der Waals surface area contributed by atoms with Gasteiger partial charge in [0.15, 0.2) is 0 Å². The molecule has 0 saturated carbocycles. The number of aliphatic carboxylic acids is 1. The highest BCUT2D eigenvalue weighted by Crippen LogP contribution is 2.25. The molecule has 2 amide bonds. The minimum Gasteiger partial charge on any atom is -0.481 e. The van der Waals surface area contributed by atoms with Crippen molar-refractivity contribution in [2.24, 2.45) is 0 Å². The van der Waals surface area contributed by atoms with Crippen LogP contribution in [0.5, 0.6) is 0 Å². The van der Waals surface area contributed by atoms with Gasteiger partial charge in [-0.15, -0.1) is 0 Å². The van der Waals surface area contributed by atoms with Gasteiger partial charge in [0.1, 0.15) is 0 Å². The van der Waals surface area contributed by atoms with Crippen LogP contribution in [0.15, 0.2) is 18.2 Å². The van der Waals surface area contributed by atoms with Crippen molar-refractivity contribution < 1.29 is 14.7 Å². The lowest BCUT2D eigenvalue weighted by molar-refractivity contribution is -0.137. The largest absolute Gasteiger partial charge is 0.481 e. The first kappa shape index (κ1) is 15.4. The fourth-order valence-corrected chi connectivity index (χ4v) is 2.86. The maximum atomic E-state index is 12.3. The molecule has 0 aromatic heterocycles. The second-order valence-electron chi connectivity index (χ2n) is 5.50. The number of carboxylic acid groups (broad SMARTS) is 1. The van der Waals surface area contributed by atoms with E-state index < -0.39 is 5.97 Å². The van der Waals surface area contributed by atoms with Gasteiger partial charge in [0.05, 0.1) is 6.42 Å². The fourth-order valence-electron chi connectivity index (χ4n) is 2.86. The molecule has 0 heterocycles. The van der Waals surface area contributed by atoms with Gasteiger partial charge in [-0.1, -0.05) is 6.07 Å². The van der Waals surface area contributed by atoms with E-state index in [0.717, 1.165) is 18.5 Å². The van der Waals surface area contributed by atoms with Crippen LogP contribution < -0.4 is 5.32 Å². The maximum absolute atomic E-state index is 12.3. The third-order valence-electron chi connectivity index (χ3n) is 3.95. The molecule has 1 aromatic carbocycles. The zero-order valence-corrected chi connectivity index (χ0v) is 12.6. The highest BCUT2D eigenvalue weighted by Gasteiger charge is 2.21. The molecule has 0 aliphatic heterocycles. The van der Waals surface area contributed by atoms with E-state index in [0.29, 0.717) is 6.54 Å². The van der Waals surface area contributed by atoms with Crippen LogP contribution in [-0.2, 0) is 17.6 Å². The number of anilines is 1. The number of rotatable bonds is 5. The number of carbonyl (C=O) groups is 2. The van der Waals surface area contributed by atoms with Gasteiger partial charge < -0.3 is 15.3 Å².